The van der Waals surface area contributed by atoms with E-state index in [9.17, 15) is 9.90 Å². The Morgan fingerprint density at radius 1 is 1.22 bits per heavy atom. The first-order chi connectivity index (χ1) is 13.1. The Morgan fingerprint density at radius 3 is 2.74 bits per heavy atom. The lowest BCUT2D eigenvalue weighted by atomic mass is 10.1. The van der Waals surface area contributed by atoms with Crippen LogP contribution in [0.4, 0.5) is 0 Å². The maximum Gasteiger partial charge on any atom is 0.266 e. The fraction of sp³-hybridized carbons (Fsp3) is 0.238. The molecule has 0 aliphatic carbocycles. The number of rotatable bonds is 7. The third kappa shape index (κ3) is 4.90. The maximum atomic E-state index is 12.7. The minimum absolute atomic E-state index is 0.0657. The van der Waals surface area contributed by atoms with Gasteiger partial charge < -0.3 is 9.84 Å². The number of ether oxygens (including phenoxy) is 1. The molecule has 1 fully saturated rings. The number of nitrogens with zero attached hydrogens (tertiary/aromatic N) is 1. The van der Waals surface area contributed by atoms with Crippen molar-refractivity contribution in [3.8, 4) is 11.5 Å². The molecule has 1 heterocycles. The summed E-state index contributed by atoms with van der Waals surface area (Å²) in [4.78, 5) is 15.0. The van der Waals surface area contributed by atoms with Gasteiger partial charge in [-0.15, -0.1) is 0 Å². The van der Waals surface area contributed by atoms with E-state index in [4.69, 9.17) is 17.0 Å². The van der Waals surface area contributed by atoms with Gasteiger partial charge in [0, 0.05) is 6.54 Å². The molecule has 27 heavy (non-hydrogen) atoms. The largest absolute Gasteiger partial charge is 0.504 e. The molecule has 0 saturated carbocycles. The number of carbonyl (C=O) groups excluding carboxylic acids is 1. The Labute approximate surface area is 168 Å². The van der Waals surface area contributed by atoms with Crippen LogP contribution in [0.5, 0.6) is 11.5 Å². The van der Waals surface area contributed by atoms with E-state index < -0.39 is 0 Å². The minimum atomic E-state index is -0.0657. The van der Waals surface area contributed by atoms with Crippen molar-refractivity contribution < 1.29 is 14.6 Å². The van der Waals surface area contributed by atoms with Gasteiger partial charge in [0.2, 0.25) is 0 Å². The number of phenolic OH excluding ortho intramolecular Hbond substituents is 1. The third-order valence-electron chi connectivity index (χ3n) is 4.15. The van der Waals surface area contributed by atoms with Gasteiger partial charge in [0.1, 0.15) is 4.32 Å². The fourth-order valence-corrected chi connectivity index (χ4v) is 4.13. The lowest BCUT2D eigenvalue weighted by Crippen LogP contribution is -2.29. The molecule has 2 aromatic rings. The Kier molecular flexibility index (Phi) is 6.53. The first kappa shape index (κ1) is 19.5. The maximum absolute atomic E-state index is 12.7. The van der Waals surface area contributed by atoms with Gasteiger partial charge in [0.15, 0.2) is 11.5 Å². The molecule has 1 N–H and O–H groups in total. The summed E-state index contributed by atoms with van der Waals surface area (Å²) < 4.78 is 5.99. The molecule has 0 spiro atoms. The summed E-state index contributed by atoms with van der Waals surface area (Å²) in [5, 5.41) is 9.81. The minimum Gasteiger partial charge on any atom is -0.504 e. The van der Waals surface area contributed by atoms with Crippen molar-refractivity contribution in [2.45, 2.75) is 19.8 Å². The SMILES string of the molecule is CCOc1cc(/C=C2\SC(=S)N(CCCc3ccccc3)C2=O)ccc1O. The van der Waals surface area contributed by atoms with E-state index >= 15 is 0 Å². The average molecular weight is 400 g/mol. The predicted molar refractivity (Wildman–Crippen MR) is 114 cm³/mol. The molecule has 6 heteroatoms. The van der Waals surface area contributed by atoms with E-state index in [2.05, 4.69) is 12.1 Å². The van der Waals surface area contributed by atoms with Crippen LogP contribution in [-0.2, 0) is 11.2 Å². The Morgan fingerprint density at radius 2 is 2.00 bits per heavy atom. The van der Waals surface area contributed by atoms with E-state index in [0.717, 1.165) is 18.4 Å². The lowest BCUT2D eigenvalue weighted by Gasteiger charge is -2.14. The van der Waals surface area contributed by atoms with Crippen LogP contribution in [0.1, 0.15) is 24.5 Å². The number of thiocarbonyl (C=S) groups is 1. The fourth-order valence-electron chi connectivity index (χ4n) is 2.82. The number of amides is 1. The van der Waals surface area contributed by atoms with Gasteiger partial charge in [-0.2, -0.15) is 0 Å². The van der Waals surface area contributed by atoms with Crippen LogP contribution in [0.3, 0.4) is 0 Å². The van der Waals surface area contributed by atoms with Crippen LogP contribution in [0.15, 0.2) is 53.4 Å². The van der Waals surface area contributed by atoms with E-state index in [1.807, 2.05) is 25.1 Å². The highest BCUT2D eigenvalue weighted by Crippen LogP contribution is 2.34. The number of hydrogen-bond donors (Lipinski definition) is 1. The second kappa shape index (κ2) is 9.06. The van der Waals surface area contributed by atoms with Gasteiger partial charge in [-0.3, -0.25) is 9.69 Å². The van der Waals surface area contributed by atoms with Crippen LogP contribution in [-0.4, -0.2) is 33.4 Å². The highest BCUT2D eigenvalue weighted by molar-refractivity contribution is 8.26. The standard InChI is InChI=1S/C21H21NO3S2/c1-2-25-18-13-16(10-11-17(18)23)14-19-20(24)22(21(26)27-19)12-6-9-15-7-4-3-5-8-15/h3-5,7-8,10-11,13-14,23H,2,6,9,12H2,1H3/b19-14-. The molecule has 3 rings (SSSR count). The quantitative estimate of drug-likeness (QED) is 0.544. The summed E-state index contributed by atoms with van der Waals surface area (Å²) in [6.07, 6.45) is 3.56. The summed E-state index contributed by atoms with van der Waals surface area (Å²) in [7, 11) is 0. The number of carbonyl (C=O) groups is 1. The van der Waals surface area contributed by atoms with Crippen LogP contribution in [0.25, 0.3) is 6.08 Å². The van der Waals surface area contributed by atoms with E-state index in [1.165, 1.54) is 17.3 Å². The molecule has 0 unspecified atom stereocenters. The van der Waals surface area contributed by atoms with Crippen molar-refractivity contribution in [1.82, 2.24) is 4.90 Å². The van der Waals surface area contributed by atoms with E-state index in [-0.39, 0.29) is 11.7 Å². The molecule has 1 saturated heterocycles. The molecular weight excluding hydrogens is 378 g/mol. The van der Waals surface area contributed by atoms with Gasteiger partial charge >= 0.3 is 0 Å². The van der Waals surface area contributed by atoms with Gasteiger partial charge in [-0.05, 0) is 49.1 Å². The topological polar surface area (TPSA) is 49.8 Å². The van der Waals surface area contributed by atoms with Crippen LogP contribution >= 0.6 is 24.0 Å². The molecule has 0 bridgehead atoms. The number of benzene rings is 2. The zero-order valence-electron chi connectivity index (χ0n) is 15.1. The third-order valence-corrected chi connectivity index (χ3v) is 5.52. The number of thioether (sulfide) groups is 1. The predicted octanol–water partition coefficient (Wildman–Crippen LogP) is 4.62. The molecule has 4 nitrogen and oxygen atoms in total. The molecule has 1 aliphatic heterocycles. The van der Waals surface area contributed by atoms with Crippen LogP contribution < -0.4 is 4.74 Å². The number of hydrogen-bond acceptors (Lipinski definition) is 5. The summed E-state index contributed by atoms with van der Waals surface area (Å²) in [5.41, 5.74) is 2.05. The molecule has 0 aromatic heterocycles. The lowest BCUT2D eigenvalue weighted by molar-refractivity contribution is -0.122. The number of aromatic hydroxyl groups is 1. The van der Waals surface area contributed by atoms with Crippen molar-refractivity contribution in [1.29, 1.82) is 0 Å². The smallest absolute Gasteiger partial charge is 0.266 e. The molecule has 1 amide bonds. The molecular formula is C21H21NO3S2. The first-order valence-corrected chi connectivity index (χ1v) is 10.1. The van der Waals surface area contributed by atoms with Crippen LogP contribution in [0, 0.1) is 0 Å². The molecule has 140 valence electrons. The Bertz CT molecular complexity index is 865. The number of aryl methyl sites for hydroxylation is 1. The second-order valence-corrected chi connectivity index (χ2v) is 7.76. The molecule has 0 atom stereocenters. The summed E-state index contributed by atoms with van der Waals surface area (Å²) in [6.45, 7) is 2.92. The highest BCUT2D eigenvalue weighted by atomic mass is 32.2. The van der Waals surface area contributed by atoms with Crippen LogP contribution in [0.2, 0.25) is 0 Å². The van der Waals surface area contributed by atoms with Gasteiger partial charge in [0.05, 0.1) is 11.5 Å². The second-order valence-electron chi connectivity index (χ2n) is 6.08. The monoisotopic (exact) mass is 399 g/mol. The van der Waals surface area contributed by atoms with Crippen molar-refractivity contribution in [2.75, 3.05) is 13.2 Å². The zero-order valence-corrected chi connectivity index (χ0v) is 16.7. The van der Waals surface area contributed by atoms with Gasteiger partial charge in [0.25, 0.3) is 5.91 Å². The summed E-state index contributed by atoms with van der Waals surface area (Å²) >= 11 is 6.70. The normalized spacial score (nSPS) is 15.6. The zero-order chi connectivity index (χ0) is 19.2. The number of phenols is 1. The van der Waals surface area contributed by atoms with E-state index in [0.29, 0.717) is 28.1 Å². The Balaban J connectivity index is 1.66. The molecule has 0 radical (unpaired) electrons. The Hall–Kier alpha value is -2.31. The molecule has 1 aliphatic rings. The van der Waals surface area contributed by atoms with Gasteiger partial charge in [-0.1, -0.05) is 60.4 Å². The summed E-state index contributed by atoms with van der Waals surface area (Å²) in [5.74, 6) is 0.427. The van der Waals surface area contributed by atoms with Crippen molar-refractivity contribution in [2.24, 2.45) is 0 Å². The average Bonchev–Trinajstić information content (AvgIpc) is 2.93. The first-order valence-electron chi connectivity index (χ1n) is 8.83. The van der Waals surface area contributed by atoms with E-state index in [1.54, 1.807) is 29.2 Å². The van der Waals surface area contributed by atoms with Crippen molar-refractivity contribution in [3.63, 3.8) is 0 Å². The molecule has 2 aromatic carbocycles. The highest BCUT2D eigenvalue weighted by Gasteiger charge is 2.31. The van der Waals surface area contributed by atoms with Gasteiger partial charge in [-0.25, -0.2) is 0 Å². The summed E-state index contributed by atoms with van der Waals surface area (Å²) in [6, 6.07) is 15.3. The van der Waals surface area contributed by atoms with Crippen molar-refractivity contribution >= 4 is 40.3 Å². The van der Waals surface area contributed by atoms with Crippen molar-refractivity contribution in [3.05, 3.63) is 64.6 Å².